The van der Waals surface area contributed by atoms with Crippen molar-refractivity contribution in [3.8, 4) is 23.1 Å². The number of ether oxygens (including phenoxy) is 3. The molecule has 0 saturated carbocycles. The Labute approximate surface area is 240 Å². The van der Waals surface area contributed by atoms with Crippen LogP contribution < -0.4 is 15.0 Å². The van der Waals surface area contributed by atoms with E-state index < -0.39 is 12.1 Å². The largest absolute Gasteiger partial charge is 0.496 e. The van der Waals surface area contributed by atoms with Gasteiger partial charge in [-0.1, -0.05) is 48.5 Å². The summed E-state index contributed by atoms with van der Waals surface area (Å²) in [6.45, 7) is 3.61. The zero-order chi connectivity index (χ0) is 29.2. The van der Waals surface area contributed by atoms with Crippen molar-refractivity contribution in [1.82, 2.24) is 9.66 Å². The number of esters is 1. The third kappa shape index (κ3) is 4.85. The van der Waals surface area contributed by atoms with Crippen LogP contribution in [-0.4, -0.2) is 41.7 Å². The summed E-state index contributed by atoms with van der Waals surface area (Å²) >= 11 is 0. The highest BCUT2D eigenvalue weighted by atomic mass is 16.6. The first-order valence-corrected chi connectivity index (χ1v) is 13.5. The Morgan fingerprint density at radius 2 is 1.76 bits per heavy atom. The van der Waals surface area contributed by atoms with Crippen molar-refractivity contribution in [1.29, 1.82) is 0 Å². The molecule has 1 atom stereocenters. The van der Waals surface area contributed by atoms with Crippen molar-refractivity contribution >= 4 is 44.8 Å². The van der Waals surface area contributed by atoms with Gasteiger partial charge >= 0.3 is 5.97 Å². The summed E-state index contributed by atoms with van der Waals surface area (Å²) in [7, 11) is 1.59. The molecule has 0 spiro atoms. The highest BCUT2D eigenvalue weighted by Gasteiger charge is 2.20. The van der Waals surface area contributed by atoms with E-state index in [4.69, 9.17) is 23.6 Å². The Morgan fingerprint density at radius 3 is 2.57 bits per heavy atom. The zero-order valence-corrected chi connectivity index (χ0v) is 23.2. The molecule has 0 amide bonds. The third-order valence-electron chi connectivity index (χ3n) is 6.87. The molecule has 0 aliphatic heterocycles. The highest BCUT2D eigenvalue weighted by Crippen LogP contribution is 2.33. The number of hydrogen-bond donors (Lipinski definition) is 0. The molecule has 0 saturated heterocycles. The summed E-state index contributed by atoms with van der Waals surface area (Å²) in [6, 6.07) is 25.7. The molecule has 9 nitrogen and oxygen atoms in total. The van der Waals surface area contributed by atoms with E-state index in [0.717, 1.165) is 16.2 Å². The van der Waals surface area contributed by atoms with E-state index in [2.05, 4.69) is 5.10 Å². The van der Waals surface area contributed by atoms with E-state index in [9.17, 15) is 9.59 Å². The summed E-state index contributed by atoms with van der Waals surface area (Å²) in [4.78, 5) is 30.9. The molecular weight excluding hydrogens is 534 g/mol. The highest BCUT2D eigenvalue weighted by molar-refractivity contribution is 6.02. The van der Waals surface area contributed by atoms with E-state index in [1.54, 1.807) is 57.5 Å². The zero-order valence-electron chi connectivity index (χ0n) is 23.2. The van der Waals surface area contributed by atoms with Crippen LogP contribution in [0.2, 0.25) is 0 Å². The molecule has 0 N–H and O–H groups in total. The van der Waals surface area contributed by atoms with Crippen molar-refractivity contribution in [2.75, 3.05) is 13.7 Å². The molecule has 0 radical (unpaired) electrons. The fraction of sp³-hybridized carbons (Fsp3) is 0.152. The van der Waals surface area contributed by atoms with Gasteiger partial charge in [-0.3, -0.25) is 4.79 Å². The number of fused-ring (bicyclic) bond motifs is 3. The van der Waals surface area contributed by atoms with Crippen LogP contribution in [0.25, 0.3) is 44.2 Å². The Bertz CT molecular complexity index is 2040. The minimum Gasteiger partial charge on any atom is -0.496 e. The van der Waals surface area contributed by atoms with Gasteiger partial charge in [0.25, 0.3) is 5.56 Å². The molecule has 210 valence electrons. The van der Waals surface area contributed by atoms with Crippen LogP contribution in [-0.2, 0) is 9.53 Å². The molecule has 6 rings (SSSR count). The minimum atomic E-state index is -0.857. The summed E-state index contributed by atoms with van der Waals surface area (Å²) in [6.07, 6.45) is 0.685. The maximum atomic E-state index is 13.8. The maximum absolute atomic E-state index is 13.8. The second-order valence-corrected chi connectivity index (χ2v) is 9.51. The van der Waals surface area contributed by atoms with Gasteiger partial charge < -0.3 is 18.6 Å². The number of nitrogens with zero attached hydrogens (tertiary/aromatic N) is 3. The van der Waals surface area contributed by atoms with Crippen LogP contribution >= 0.6 is 0 Å². The van der Waals surface area contributed by atoms with Crippen molar-refractivity contribution in [3.05, 3.63) is 101 Å². The van der Waals surface area contributed by atoms with Crippen LogP contribution in [0, 0.1) is 0 Å². The number of carbonyl (C=O) groups is 1. The second-order valence-electron chi connectivity index (χ2n) is 9.51. The lowest BCUT2D eigenvalue weighted by Crippen LogP contribution is -2.26. The summed E-state index contributed by atoms with van der Waals surface area (Å²) in [5.74, 6) is 1.13. The number of hydrogen-bond acceptors (Lipinski definition) is 8. The maximum Gasteiger partial charge on any atom is 0.347 e. The molecule has 0 bridgehead atoms. The molecule has 0 aliphatic carbocycles. The molecule has 0 unspecified atom stereocenters. The number of benzene rings is 4. The Morgan fingerprint density at radius 1 is 0.976 bits per heavy atom. The average Bonchev–Trinajstić information content (AvgIpc) is 3.46. The SMILES string of the molecule is CCOC(=O)[C@@H](C)Oc1ccc2ccccc2c1C=Nn1c(-c2cc3c(OC)cccc3o2)nc2ccccc2c1=O. The van der Waals surface area contributed by atoms with Gasteiger partial charge in [-0.25, -0.2) is 9.78 Å². The van der Waals surface area contributed by atoms with Gasteiger partial charge in [0.1, 0.15) is 17.1 Å². The van der Waals surface area contributed by atoms with E-state index in [0.29, 0.717) is 39.3 Å². The number of para-hydroxylation sites is 1. The van der Waals surface area contributed by atoms with Crippen molar-refractivity contribution in [2.24, 2.45) is 5.10 Å². The smallest absolute Gasteiger partial charge is 0.347 e. The Balaban J connectivity index is 1.54. The van der Waals surface area contributed by atoms with Gasteiger partial charge in [0.2, 0.25) is 5.82 Å². The molecule has 2 heterocycles. The number of furan rings is 1. The van der Waals surface area contributed by atoms with Crippen LogP contribution in [0.5, 0.6) is 11.5 Å². The van der Waals surface area contributed by atoms with E-state index in [1.165, 1.54) is 4.68 Å². The van der Waals surface area contributed by atoms with Crippen LogP contribution in [0.3, 0.4) is 0 Å². The topological polar surface area (TPSA) is 105 Å². The van der Waals surface area contributed by atoms with Crippen LogP contribution in [0.4, 0.5) is 0 Å². The Kier molecular flexibility index (Phi) is 7.14. The quantitative estimate of drug-likeness (QED) is 0.161. The molecule has 42 heavy (non-hydrogen) atoms. The van der Waals surface area contributed by atoms with Gasteiger partial charge in [0.15, 0.2) is 11.9 Å². The number of rotatable bonds is 8. The van der Waals surface area contributed by atoms with E-state index >= 15 is 0 Å². The first-order chi connectivity index (χ1) is 20.5. The number of aromatic nitrogens is 2. The molecule has 4 aromatic carbocycles. The minimum absolute atomic E-state index is 0.218. The molecule has 2 aromatic heterocycles. The third-order valence-corrected chi connectivity index (χ3v) is 6.87. The predicted octanol–water partition coefficient (Wildman–Crippen LogP) is 6.18. The van der Waals surface area contributed by atoms with Gasteiger partial charge in [-0.2, -0.15) is 9.78 Å². The van der Waals surface area contributed by atoms with E-state index in [1.807, 2.05) is 54.6 Å². The fourth-order valence-corrected chi connectivity index (χ4v) is 4.84. The normalized spacial score (nSPS) is 12.3. The lowest BCUT2D eigenvalue weighted by molar-refractivity contribution is -0.150. The lowest BCUT2D eigenvalue weighted by atomic mass is 10.0. The number of carbonyl (C=O) groups excluding carboxylic acids is 1. The summed E-state index contributed by atoms with van der Waals surface area (Å²) in [5, 5.41) is 7.54. The van der Waals surface area contributed by atoms with Gasteiger partial charge in [-0.15, -0.1) is 0 Å². The summed E-state index contributed by atoms with van der Waals surface area (Å²) < 4.78 is 24.0. The first-order valence-electron chi connectivity index (χ1n) is 13.5. The second kappa shape index (κ2) is 11.2. The average molecular weight is 562 g/mol. The number of methoxy groups -OCH3 is 1. The van der Waals surface area contributed by atoms with Crippen molar-refractivity contribution < 1.29 is 23.4 Å². The molecule has 6 aromatic rings. The predicted molar refractivity (Wildman–Crippen MR) is 161 cm³/mol. The van der Waals surface area contributed by atoms with Gasteiger partial charge in [0, 0.05) is 5.56 Å². The van der Waals surface area contributed by atoms with E-state index in [-0.39, 0.29) is 18.0 Å². The van der Waals surface area contributed by atoms with Crippen LogP contribution in [0.15, 0.2) is 99.2 Å². The molecule has 0 fully saturated rings. The first kappa shape index (κ1) is 26.8. The molecule has 9 heteroatoms. The standard InChI is InChI=1S/C33H27N3O6/c1-4-40-33(38)20(2)41-29-17-16-21-10-5-6-11-22(21)25(29)19-34-36-31(35-26-13-8-7-12-23(26)32(36)37)30-18-24-27(39-3)14-9-15-28(24)42-30/h5-20H,4H2,1-3H3/t20-/m1/s1. The van der Waals surface area contributed by atoms with Crippen molar-refractivity contribution in [3.63, 3.8) is 0 Å². The molecular formula is C33H27N3O6. The van der Waals surface area contributed by atoms with Gasteiger partial charge in [0.05, 0.1) is 36.2 Å². The molecule has 0 aliphatic rings. The fourth-order valence-electron chi connectivity index (χ4n) is 4.84. The van der Waals surface area contributed by atoms with Crippen molar-refractivity contribution in [2.45, 2.75) is 20.0 Å². The summed E-state index contributed by atoms with van der Waals surface area (Å²) in [5.41, 5.74) is 1.30. The Hall–Kier alpha value is -5.44. The van der Waals surface area contributed by atoms with Crippen LogP contribution in [0.1, 0.15) is 19.4 Å². The monoisotopic (exact) mass is 561 g/mol. The van der Waals surface area contributed by atoms with Gasteiger partial charge in [-0.05, 0) is 61.0 Å². The lowest BCUT2D eigenvalue weighted by Gasteiger charge is -2.16.